The van der Waals surface area contributed by atoms with Gasteiger partial charge in [0.1, 0.15) is 11.6 Å². The number of anilines is 1. The fraction of sp³-hybridized carbons (Fsp3) is 0.417. The van der Waals surface area contributed by atoms with Crippen LogP contribution in [0.25, 0.3) is 0 Å². The van der Waals surface area contributed by atoms with Crippen LogP contribution in [0, 0.1) is 11.2 Å². The van der Waals surface area contributed by atoms with Crippen molar-refractivity contribution in [3.63, 3.8) is 0 Å². The van der Waals surface area contributed by atoms with Gasteiger partial charge in [-0.25, -0.2) is 4.39 Å². The fourth-order valence-corrected chi connectivity index (χ4v) is 2.00. The molecule has 0 atom stereocenters. The van der Waals surface area contributed by atoms with Gasteiger partial charge in [-0.2, -0.15) is 0 Å². The molecule has 1 fully saturated rings. The maximum absolute atomic E-state index is 13.8. The highest BCUT2D eigenvalue weighted by Crippen LogP contribution is 2.28. The molecule has 0 radical (unpaired) electrons. The first-order valence-electron chi connectivity index (χ1n) is 5.63. The molecular formula is C12H16FN3O. The van der Waals surface area contributed by atoms with Gasteiger partial charge in [0.15, 0.2) is 0 Å². The van der Waals surface area contributed by atoms with E-state index in [4.69, 9.17) is 5.41 Å². The van der Waals surface area contributed by atoms with Crippen molar-refractivity contribution in [3.05, 3.63) is 23.5 Å². The van der Waals surface area contributed by atoms with Gasteiger partial charge in [0.2, 0.25) is 0 Å². The topological polar surface area (TPSA) is 59.4 Å². The van der Waals surface area contributed by atoms with Crippen LogP contribution in [-0.2, 0) is 0 Å². The monoisotopic (exact) mass is 237 g/mol. The molecule has 0 saturated carbocycles. The molecule has 92 valence electrons. The van der Waals surface area contributed by atoms with Crippen LogP contribution in [0.3, 0.4) is 0 Å². The molecule has 0 unspecified atom stereocenters. The van der Waals surface area contributed by atoms with Crippen LogP contribution in [0.2, 0.25) is 0 Å². The van der Waals surface area contributed by atoms with Crippen LogP contribution in [0.5, 0.6) is 5.75 Å². The van der Waals surface area contributed by atoms with Crippen LogP contribution in [-0.4, -0.2) is 37.0 Å². The minimum atomic E-state index is -0.436. The number of benzene rings is 1. The number of nitrogens with zero attached hydrogens (tertiary/aromatic N) is 1. The molecule has 0 aliphatic carbocycles. The minimum absolute atomic E-state index is 0.172. The molecule has 3 N–H and O–H groups in total. The summed E-state index contributed by atoms with van der Waals surface area (Å²) in [5, 5.41) is 20.3. The predicted molar refractivity (Wildman–Crippen MR) is 65.7 cm³/mol. The zero-order chi connectivity index (χ0) is 12.4. The van der Waals surface area contributed by atoms with Crippen molar-refractivity contribution < 1.29 is 9.50 Å². The Morgan fingerprint density at radius 1 is 1.41 bits per heavy atom. The Morgan fingerprint density at radius 2 is 2.06 bits per heavy atom. The lowest BCUT2D eigenvalue weighted by atomic mass is 10.1. The SMILES string of the molecule is CC(=N)c1cc(N2CCNCC2)c(F)cc1O. The Bertz CT molecular complexity index is 442. The molecule has 1 aromatic rings. The predicted octanol–water partition coefficient (Wildman–Crippen LogP) is 1.33. The van der Waals surface area contributed by atoms with Gasteiger partial charge in [0.05, 0.1) is 5.69 Å². The van der Waals surface area contributed by atoms with Crippen LogP contribution in [0.15, 0.2) is 12.1 Å². The quantitative estimate of drug-likeness (QED) is 0.680. The van der Waals surface area contributed by atoms with E-state index in [1.807, 2.05) is 4.90 Å². The zero-order valence-corrected chi connectivity index (χ0v) is 9.76. The van der Waals surface area contributed by atoms with Gasteiger partial charge in [-0.15, -0.1) is 0 Å². The van der Waals surface area contributed by atoms with Crippen molar-refractivity contribution in [1.82, 2.24) is 5.32 Å². The second kappa shape index (κ2) is 4.71. The maximum Gasteiger partial charge on any atom is 0.150 e. The summed E-state index contributed by atoms with van der Waals surface area (Å²) >= 11 is 0. The molecule has 5 heteroatoms. The number of hydrogen-bond donors (Lipinski definition) is 3. The van der Waals surface area contributed by atoms with Crippen LogP contribution >= 0.6 is 0 Å². The maximum atomic E-state index is 13.8. The lowest BCUT2D eigenvalue weighted by molar-refractivity contribution is 0.467. The first-order valence-corrected chi connectivity index (χ1v) is 5.63. The lowest BCUT2D eigenvalue weighted by Crippen LogP contribution is -2.43. The molecule has 0 spiro atoms. The van der Waals surface area contributed by atoms with E-state index in [2.05, 4.69) is 5.32 Å². The van der Waals surface area contributed by atoms with E-state index in [0.717, 1.165) is 32.2 Å². The fourth-order valence-electron chi connectivity index (χ4n) is 2.00. The molecule has 1 saturated heterocycles. The molecule has 17 heavy (non-hydrogen) atoms. The van der Waals surface area contributed by atoms with Gasteiger partial charge in [-0.05, 0) is 13.0 Å². The first kappa shape index (κ1) is 11.9. The van der Waals surface area contributed by atoms with Gasteiger partial charge < -0.3 is 20.7 Å². The molecule has 0 aromatic heterocycles. The average molecular weight is 237 g/mol. The van der Waals surface area contributed by atoms with Crippen molar-refractivity contribution >= 4 is 11.4 Å². The molecule has 1 aromatic carbocycles. The smallest absolute Gasteiger partial charge is 0.150 e. The third-order valence-corrected chi connectivity index (χ3v) is 2.93. The van der Waals surface area contributed by atoms with E-state index in [1.54, 1.807) is 13.0 Å². The number of hydrogen-bond acceptors (Lipinski definition) is 4. The second-order valence-electron chi connectivity index (χ2n) is 4.18. The van der Waals surface area contributed by atoms with Crippen LogP contribution in [0.4, 0.5) is 10.1 Å². The molecule has 1 aliphatic rings. The number of nitrogens with one attached hydrogen (secondary N) is 2. The highest BCUT2D eigenvalue weighted by Gasteiger charge is 2.17. The summed E-state index contributed by atoms with van der Waals surface area (Å²) in [7, 11) is 0. The van der Waals surface area contributed by atoms with Crippen molar-refractivity contribution in [2.24, 2.45) is 0 Å². The van der Waals surface area contributed by atoms with E-state index < -0.39 is 5.82 Å². The molecule has 0 bridgehead atoms. The van der Waals surface area contributed by atoms with Gasteiger partial charge in [0, 0.05) is 43.5 Å². The number of rotatable bonds is 2. The van der Waals surface area contributed by atoms with Crippen molar-refractivity contribution in [2.45, 2.75) is 6.92 Å². The Kier molecular flexibility index (Phi) is 3.28. The van der Waals surface area contributed by atoms with Gasteiger partial charge in [-0.3, -0.25) is 0 Å². The number of phenols is 1. The highest BCUT2D eigenvalue weighted by atomic mass is 19.1. The Hall–Kier alpha value is -1.62. The van der Waals surface area contributed by atoms with Crippen molar-refractivity contribution in [3.8, 4) is 5.75 Å². The average Bonchev–Trinajstić information content (AvgIpc) is 2.29. The largest absolute Gasteiger partial charge is 0.507 e. The first-order chi connectivity index (χ1) is 8.09. The van der Waals surface area contributed by atoms with E-state index in [-0.39, 0.29) is 11.5 Å². The number of aromatic hydroxyl groups is 1. The molecule has 2 rings (SSSR count). The summed E-state index contributed by atoms with van der Waals surface area (Å²) in [6, 6.07) is 2.64. The number of phenolic OH excluding ortho intramolecular Hbond substituents is 1. The number of piperazine rings is 1. The summed E-state index contributed by atoms with van der Waals surface area (Å²) in [4.78, 5) is 1.93. The minimum Gasteiger partial charge on any atom is -0.507 e. The summed E-state index contributed by atoms with van der Waals surface area (Å²) in [6.07, 6.45) is 0. The Morgan fingerprint density at radius 3 is 2.65 bits per heavy atom. The molecule has 1 aliphatic heterocycles. The van der Waals surface area contributed by atoms with Crippen LogP contribution < -0.4 is 10.2 Å². The molecule has 1 heterocycles. The summed E-state index contributed by atoms with van der Waals surface area (Å²) < 4.78 is 13.8. The molecular weight excluding hydrogens is 221 g/mol. The van der Waals surface area contributed by atoms with E-state index in [9.17, 15) is 9.50 Å². The molecule has 4 nitrogen and oxygen atoms in total. The van der Waals surface area contributed by atoms with Gasteiger partial charge in [-0.1, -0.05) is 0 Å². The number of halogens is 1. The van der Waals surface area contributed by atoms with E-state index in [0.29, 0.717) is 11.3 Å². The Balaban J connectivity index is 2.38. The summed E-state index contributed by atoms with van der Waals surface area (Å²) in [5.41, 5.74) is 1.09. The van der Waals surface area contributed by atoms with Gasteiger partial charge in [0.25, 0.3) is 0 Å². The molecule has 0 amide bonds. The highest BCUT2D eigenvalue weighted by molar-refractivity contribution is 5.99. The second-order valence-corrected chi connectivity index (χ2v) is 4.18. The van der Waals surface area contributed by atoms with Crippen molar-refractivity contribution in [1.29, 1.82) is 5.41 Å². The third kappa shape index (κ3) is 2.39. The lowest BCUT2D eigenvalue weighted by Gasteiger charge is -2.30. The standard InChI is InChI=1S/C12H16FN3O/c1-8(14)9-6-11(10(13)7-12(9)17)16-4-2-15-3-5-16/h6-7,14-15,17H,2-5H2,1H3. The third-order valence-electron chi connectivity index (χ3n) is 2.93. The van der Waals surface area contributed by atoms with E-state index in [1.165, 1.54) is 0 Å². The Labute approximate surface area is 99.6 Å². The van der Waals surface area contributed by atoms with Crippen LogP contribution in [0.1, 0.15) is 12.5 Å². The summed E-state index contributed by atoms with van der Waals surface area (Å²) in [6.45, 7) is 4.68. The summed E-state index contributed by atoms with van der Waals surface area (Å²) in [5.74, 6) is -0.608. The zero-order valence-electron chi connectivity index (χ0n) is 9.76. The van der Waals surface area contributed by atoms with Crippen molar-refractivity contribution in [2.75, 3.05) is 31.1 Å². The van der Waals surface area contributed by atoms with Gasteiger partial charge >= 0.3 is 0 Å². The normalized spacial score (nSPS) is 16.0. The van der Waals surface area contributed by atoms with E-state index >= 15 is 0 Å².